The molecule has 0 aliphatic rings. The fourth-order valence-electron chi connectivity index (χ4n) is 1.90. The predicted octanol–water partition coefficient (Wildman–Crippen LogP) is 3.92. The monoisotopic (exact) mass is 322 g/mol. The summed E-state index contributed by atoms with van der Waals surface area (Å²) >= 11 is 0. The summed E-state index contributed by atoms with van der Waals surface area (Å²) in [6.07, 6.45) is -4.45. The van der Waals surface area contributed by atoms with E-state index in [0.29, 0.717) is 11.4 Å². The maximum atomic E-state index is 12.5. The summed E-state index contributed by atoms with van der Waals surface area (Å²) in [5.41, 5.74) is 0.0104. The highest BCUT2D eigenvalue weighted by molar-refractivity contribution is 6.07. The maximum Gasteiger partial charge on any atom is 0.416 e. The third-order valence-corrected chi connectivity index (χ3v) is 2.96. The number of carbonyl (C=O) groups is 2. The van der Waals surface area contributed by atoms with Gasteiger partial charge in [0.2, 0.25) is 5.91 Å². The molecule has 2 amide bonds. The third kappa shape index (κ3) is 4.32. The van der Waals surface area contributed by atoms with Crippen molar-refractivity contribution in [2.24, 2.45) is 0 Å². The molecule has 0 aliphatic carbocycles. The average Bonchev–Trinajstić information content (AvgIpc) is 2.48. The van der Waals surface area contributed by atoms with Crippen LogP contribution in [0.4, 0.5) is 24.5 Å². The van der Waals surface area contributed by atoms with Crippen molar-refractivity contribution in [3.05, 3.63) is 59.7 Å². The molecule has 2 aromatic rings. The summed E-state index contributed by atoms with van der Waals surface area (Å²) in [6, 6.07) is 10.4. The Hall–Kier alpha value is -2.83. The number of benzene rings is 2. The Morgan fingerprint density at radius 3 is 1.87 bits per heavy atom. The molecule has 2 rings (SSSR count). The Balaban J connectivity index is 2.18. The molecule has 4 nitrogen and oxygen atoms in total. The lowest BCUT2D eigenvalue weighted by Crippen LogP contribution is -2.15. The van der Waals surface area contributed by atoms with Gasteiger partial charge in [-0.25, -0.2) is 0 Å². The van der Waals surface area contributed by atoms with Crippen LogP contribution in [0.1, 0.15) is 22.8 Å². The maximum absolute atomic E-state index is 12.5. The summed E-state index contributed by atoms with van der Waals surface area (Å²) in [4.78, 5) is 23.2. The Kier molecular flexibility index (Phi) is 4.68. The van der Waals surface area contributed by atoms with E-state index in [0.717, 1.165) is 24.3 Å². The molecule has 2 N–H and O–H groups in total. The number of halogens is 3. The zero-order chi connectivity index (χ0) is 17.0. The minimum Gasteiger partial charge on any atom is -0.325 e. The lowest BCUT2D eigenvalue weighted by molar-refractivity contribution is -0.137. The summed E-state index contributed by atoms with van der Waals surface area (Å²) < 4.78 is 37.5. The van der Waals surface area contributed by atoms with Crippen LogP contribution in [-0.4, -0.2) is 11.8 Å². The molecule has 7 heteroatoms. The molecule has 0 atom stereocenters. The van der Waals surface area contributed by atoms with E-state index in [1.54, 1.807) is 24.3 Å². The molecule has 0 spiro atoms. The number of nitrogens with one attached hydrogen (secondary N) is 2. The molecule has 0 aliphatic heterocycles. The van der Waals surface area contributed by atoms with Gasteiger partial charge in [-0.15, -0.1) is 0 Å². The number of para-hydroxylation sites is 2. The number of amides is 2. The zero-order valence-electron chi connectivity index (χ0n) is 12.1. The van der Waals surface area contributed by atoms with Crippen molar-refractivity contribution >= 4 is 23.2 Å². The Labute approximate surface area is 130 Å². The largest absolute Gasteiger partial charge is 0.416 e. The first kappa shape index (κ1) is 16.5. The van der Waals surface area contributed by atoms with Gasteiger partial charge in [-0.2, -0.15) is 13.2 Å². The fraction of sp³-hybridized carbons (Fsp3) is 0.125. The van der Waals surface area contributed by atoms with Crippen LogP contribution in [0.15, 0.2) is 48.5 Å². The summed E-state index contributed by atoms with van der Waals surface area (Å²) in [5.74, 6) is -0.877. The normalized spacial score (nSPS) is 11.0. The van der Waals surface area contributed by atoms with Gasteiger partial charge >= 0.3 is 6.18 Å². The number of hydrogen-bond acceptors (Lipinski definition) is 2. The van der Waals surface area contributed by atoms with Crippen LogP contribution in [0.25, 0.3) is 0 Å². The SMILES string of the molecule is CC(=O)Nc1ccccc1NC(=O)c1ccc(C(F)(F)F)cc1. The van der Waals surface area contributed by atoms with Gasteiger partial charge < -0.3 is 10.6 Å². The zero-order valence-corrected chi connectivity index (χ0v) is 12.1. The number of hydrogen-bond donors (Lipinski definition) is 2. The Morgan fingerprint density at radius 1 is 0.870 bits per heavy atom. The van der Waals surface area contributed by atoms with Crippen molar-refractivity contribution < 1.29 is 22.8 Å². The van der Waals surface area contributed by atoms with Crippen molar-refractivity contribution in [1.29, 1.82) is 0 Å². The molecule has 0 radical (unpaired) electrons. The van der Waals surface area contributed by atoms with Crippen LogP contribution in [0.5, 0.6) is 0 Å². The van der Waals surface area contributed by atoms with Crippen LogP contribution in [0.3, 0.4) is 0 Å². The number of rotatable bonds is 3. The fourth-order valence-corrected chi connectivity index (χ4v) is 1.90. The molecule has 0 aromatic heterocycles. The number of carbonyl (C=O) groups excluding carboxylic acids is 2. The molecule has 120 valence electrons. The highest BCUT2D eigenvalue weighted by Crippen LogP contribution is 2.29. The molecular formula is C16H13F3N2O2. The van der Waals surface area contributed by atoms with E-state index < -0.39 is 17.6 Å². The second kappa shape index (κ2) is 6.51. The van der Waals surface area contributed by atoms with Crippen LogP contribution in [0, 0.1) is 0 Å². The third-order valence-electron chi connectivity index (χ3n) is 2.96. The van der Waals surface area contributed by atoms with Gasteiger partial charge in [-0.05, 0) is 36.4 Å². The van der Waals surface area contributed by atoms with Crippen molar-refractivity contribution in [1.82, 2.24) is 0 Å². The molecule has 0 unspecified atom stereocenters. The quantitative estimate of drug-likeness (QED) is 0.900. The molecule has 0 saturated carbocycles. The van der Waals surface area contributed by atoms with Gasteiger partial charge in [0.05, 0.1) is 16.9 Å². The molecule has 0 bridgehead atoms. The van der Waals surface area contributed by atoms with Gasteiger partial charge in [0, 0.05) is 12.5 Å². The molecule has 23 heavy (non-hydrogen) atoms. The molecule has 2 aromatic carbocycles. The van der Waals surface area contributed by atoms with Crippen molar-refractivity contribution in [2.45, 2.75) is 13.1 Å². The summed E-state index contributed by atoms with van der Waals surface area (Å²) in [5, 5.41) is 5.11. The topological polar surface area (TPSA) is 58.2 Å². The first-order valence-corrected chi connectivity index (χ1v) is 6.62. The minimum atomic E-state index is -4.45. The van der Waals surface area contributed by atoms with E-state index in [1.807, 2.05) is 0 Å². The van der Waals surface area contributed by atoms with E-state index in [2.05, 4.69) is 10.6 Å². The van der Waals surface area contributed by atoms with E-state index in [-0.39, 0.29) is 11.5 Å². The lowest BCUT2D eigenvalue weighted by atomic mass is 10.1. The van der Waals surface area contributed by atoms with Crippen molar-refractivity contribution in [2.75, 3.05) is 10.6 Å². The van der Waals surface area contributed by atoms with Gasteiger partial charge in [0.25, 0.3) is 5.91 Å². The Morgan fingerprint density at radius 2 is 1.39 bits per heavy atom. The summed E-state index contributed by atoms with van der Waals surface area (Å²) in [7, 11) is 0. The van der Waals surface area contributed by atoms with Crippen molar-refractivity contribution in [3.8, 4) is 0 Å². The van der Waals surface area contributed by atoms with Crippen LogP contribution >= 0.6 is 0 Å². The van der Waals surface area contributed by atoms with Crippen LogP contribution in [-0.2, 0) is 11.0 Å². The van der Waals surface area contributed by atoms with Gasteiger partial charge in [-0.3, -0.25) is 9.59 Å². The highest BCUT2D eigenvalue weighted by Gasteiger charge is 2.30. The predicted molar refractivity (Wildman–Crippen MR) is 80.1 cm³/mol. The van der Waals surface area contributed by atoms with Gasteiger partial charge in [0.1, 0.15) is 0 Å². The average molecular weight is 322 g/mol. The van der Waals surface area contributed by atoms with E-state index in [4.69, 9.17) is 0 Å². The first-order chi connectivity index (χ1) is 10.8. The minimum absolute atomic E-state index is 0.0793. The van der Waals surface area contributed by atoms with Crippen LogP contribution in [0.2, 0.25) is 0 Å². The highest BCUT2D eigenvalue weighted by atomic mass is 19.4. The number of alkyl halides is 3. The molecule has 0 saturated heterocycles. The smallest absolute Gasteiger partial charge is 0.325 e. The molecule has 0 heterocycles. The summed E-state index contributed by atoms with van der Waals surface area (Å²) in [6.45, 7) is 1.33. The molecule has 0 fully saturated rings. The first-order valence-electron chi connectivity index (χ1n) is 6.62. The lowest BCUT2D eigenvalue weighted by Gasteiger charge is -2.12. The van der Waals surface area contributed by atoms with Crippen LogP contribution < -0.4 is 10.6 Å². The van der Waals surface area contributed by atoms with E-state index in [1.165, 1.54) is 6.92 Å². The van der Waals surface area contributed by atoms with Gasteiger partial charge in [0.15, 0.2) is 0 Å². The second-order valence-corrected chi connectivity index (χ2v) is 4.76. The van der Waals surface area contributed by atoms with E-state index >= 15 is 0 Å². The number of anilines is 2. The molecular weight excluding hydrogens is 309 g/mol. The standard InChI is InChI=1S/C16H13F3N2O2/c1-10(22)20-13-4-2-3-5-14(13)21-15(23)11-6-8-12(9-7-11)16(17,18)19/h2-9H,1H3,(H,20,22)(H,21,23). The van der Waals surface area contributed by atoms with Crippen molar-refractivity contribution in [3.63, 3.8) is 0 Å². The Bertz CT molecular complexity index is 725. The van der Waals surface area contributed by atoms with Gasteiger partial charge in [-0.1, -0.05) is 12.1 Å². The second-order valence-electron chi connectivity index (χ2n) is 4.76. The van der Waals surface area contributed by atoms with E-state index in [9.17, 15) is 22.8 Å².